The van der Waals surface area contributed by atoms with Gasteiger partial charge in [0.15, 0.2) is 11.9 Å². The molecule has 1 aliphatic heterocycles. The van der Waals surface area contributed by atoms with Crippen LogP contribution in [0.5, 0.6) is 5.88 Å². The van der Waals surface area contributed by atoms with Crippen LogP contribution < -0.4 is 10.1 Å². The summed E-state index contributed by atoms with van der Waals surface area (Å²) in [5, 5.41) is 12.8. The normalized spacial score (nSPS) is 15.3. The van der Waals surface area contributed by atoms with Crippen molar-refractivity contribution in [3.05, 3.63) is 54.5 Å². The number of nitrogens with zero attached hydrogens (tertiary/aromatic N) is 3. The van der Waals surface area contributed by atoms with Crippen molar-refractivity contribution in [3.8, 4) is 17.1 Å². The van der Waals surface area contributed by atoms with E-state index in [1.807, 2.05) is 48.6 Å². The van der Waals surface area contributed by atoms with E-state index in [0.717, 1.165) is 29.2 Å². The molecule has 0 radical (unpaired) electrons. The summed E-state index contributed by atoms with van der Waals surface area (Å²) in [7, 11) is 0. The van der Waals surface area contributed by atoms with Gasteiger partial charge in [-0.05, 0) is 36.8 Å². The van der Waals surface area contributed by atoms with Crippen molar-refractivity contribution in [2.75, 3.05) is 11.1 Å². The van der Waals surface area contributed by atoms with Crippen molar-refractivity contribution in [1.29, 1.82) is 0 Å². The predicted molar refractivity (Wildman–Crippen MR) is 116 cm³/mol. The summed E-state index contributed by atoms with van der Waals surface area (Å²) in [6.45, 7) is 2.21. The Hall–Kier alpha value is -2.80. The zero-order chi connectivity index (χ0) is 19.9. The number of anilines is 1. The van der Waals surface area contributed by atoms with Gasteiger partial charge in [-0.25, -0.2) is 0 Å². The lowest BCUT2D eigenvalue weighted by Gasteiger charge is -2.15. The molecule has 0 saturated carbocycles. The monoisotopic (exact) mass is 408 g/mol. The molecule has 0 bridgehead atoms. The average molecular weight is 409 g/mol. The summed E-state index contributed by atoms with van der Waals surface area (Å²) in [5.74, 6) is 2.23. The number of furan rings is 1. The van der Waals surface area contributed by atoms with E-state index in [9.17, 15) is 0 Å². The Kier molecular flexibility index (Phi) is 6.46. The summed E-state index contributed by atoms with van der Waals surface area (Å²) >= 11 is 1.63. The number of nitrogens with one attached hydrogen (secondary N) is 1. The molecule has 29 heavy (non-hydrogen) atoms. The second-order valence-electron chi connectivity index (χ2n) is 6.76. The number of unbranched alkanes of at least 4 members (excludes halogenated alkanes) is 3. The van der Waals surface area contributed by atoms with Gasteiger partial charge in [0.2, 0.25) is 11.0 Å². The molecular formula is C22H24N4O2S. The molecule has 3 heterocycles. The van der Waals surface area contributed by atoms with Crippen molar-refractivity contribution < 1.29 is 9.15 Å². The number of para-hydroxylation sites is 1. The Labute approximate surface area is 174 Å². The number of fused-ring (bicyclic) bond motifs is 3. The van der Waals surface area contributed by atoms with E-state index in [-0.39, 0.29) is 0 Å². The maximum Gasteiger partial charge on any atom is 0.247 e. The lowest BCUT2D eigenvalue weighted by molar-refractivity contribution is 0.266. The van der Waals surface area contributed by atoms with Gasteiger partial charge in [-0.15, -0.1) is 10.2 Å². The van der Waals surface area contributed by atoms with Gasteiger partial charge in [-0.1, -0.05) is 56.1 Å². The Balaban J connectivity index is 1.56. The highest BCUT2D eigenvalue weighted by molar-refractivity contribution is 7.99. The molecule has 1 N–H and O–H groups in total. The molecule has 0 amide bonds. The maximum absolute atomic E-state index is 6.16. The molecule has 7 heteroatoms. The summed E-state index contributed by atoms with van der Waals surface area (Å²) in [6.07, 6.45) is 9.91. The molecule has 1 unspecified atom stereocenters. The van der Waals surface area contributed by atoms with E-state index in [2.05, 4.69) is 27.4 Å². The maximum atomic E-state index is 6.16. The molecule has 1 atom stereocenters. The second kappa shape index (κ2) is 9.60. The first-order chi connectivity index (χ1) is 14.3. The SMILES string of the molecule is CCCCCCSc1nnc2c(n1)OC(C=Cc1ccco1)Nc1ccccc1-2. The molecule has 1 aliphatic rings. The molecule has 0 fully saturated rings. The Morgan fingerprint density at radius 3 is 2.90 bits per heavy atom. The first-order valence-corrected chi connectivity index (χ1v) is 10.9. The van der Waals surface area contributed by atoms with Crippen LogP contribution in [0.25, 0.3) is 17.3 Å². The topological polar surface area (TPSA) is 73.1 Å². The molecule has 1 aromatic carbocycles. The number of rotatable bonds is 8. The van der Waals surface area contributed by atoms with Crippen molar-refractivity contribution in [3.63, 3.8) is 0 Å². The van der Waals surface area contributed by atoms with Crippen LogP contribution >= 0.6 is 11.8 Å². The summed E-state index contributed by atoms with van der Waals surface area (Å²) < 4.78 is 11.5. The smallest absolute Gasteiger partial charge is 0.247 e. The van der Waals surface area contributed by atoms with Crippen molar-refractivity contribution in [1.82, 2.24) is 15.2 Å². The molecule has 0 saturated heterocycles. The van der Waals surface area contributed by atoms with Crippen LogP contribution in [0.3, 0.4) is 0 Å². The van der Waals surface area contributed by atoms with E-state index < -0.39 is 6.23 Å². The zero-order valence-electron chi connectivity index (χ0n) is 16.4. The first-order valence-electron chi connectivity index (χ1n) is 9.95. The van der Waals surface area contributed by atoms with Crippen LogP contribution in [-0.2, 0) is 0 Å². The van der Waals surface area contributed by atoms with Crippen LogP contribution in [0.2, 0.25) is 0 Å². The Bertz CT molecular complexity index is 959. The van der Waals surface area contributed by atoms with Crippen LogP contribution in [0.1, 0.15) is 38.4 Å². The number of benzene rings is 1. The number of ether oxygens (including phenoxy) is 1. The molecule has 0 aliphatic carbocycles. The molecule has 3 aromatic rings. The fraction of sp³-hybridized carbons (Fsp3) is 0.318. The highest BCUT2D eigenvalue weighted by Crippen LogP contribution is 2.36. The van der Waals surface area contributed by atoms with E-state index in [4.69, 9.17) is 9.15 Å². The highest BCUT2D eigenvalue weighted by Gasteiger charge is 2.23. The molecule has 2 aromatic heterocycles. The Morgan fingerprint density at radius 1 is 1.10 bits per heavy atom. The molecule has 4 rings (SSSR count). The fourth-order valence-corrected chi connectivity index (χ4v) is 3.85. The van der Waals surface area contributed by atoms with E-state index in [1.165, 1.54) is 19.3 Å². The van der Waals surface area contributed by atoms with Gasteiger partial charge in [-0.3, -0.25) is 0 Å². The van der Waals surface area contributed by atoms with Crippen LogP contribution in [0.4, 0.5) is 5.69 Å². The minimum absolute atomic E-state index is 0.401. The van der Waals surface area contributed by atoms with Crippen LogP contribution in [0, 0.1) is 0 Å². The minimum atomic E-state index is -0.401. The van der Waals surface area contributed by atoms with Crippen molar-refractivity contribution in [2.24, 2.45) is 0 Å². The third kappa shape index (κ3) is 4.98. The van der Waals surface area contributed by atoms with E-state index in [1.54, 1.807) is 18.0 Å². The van der Waals surface area contributed by atoms with Gasteiger partial charge in [0.1, 0.15) is 5.76 Å². The summed E-state index contributed by atoms with van der Waals surface area (Å²) in [6, 6.07) is 11.7. The van der Waals surface area contributed by atoms with E-state index >= 15 is 0 Å². The van der Waals surface area contributed by atoms with Gasteiger partial charge in [0, 0.05) is 17.0 Å². The number of thioether (sulfide) groups is 1. The fourth-order valence-electron chi connectivity index (χ4n) is 3.08. The number of hydrogen-bond donors (Lipinski definition) is 1. The van der Waals surface area contributed by atoms with Gasteiger partial charge in [0.05, 0.1) is 6.26 Å². The van der Waals surface area contributed by atoms with Crippen LogP contribution in [-0.4, -0.2) is 27.2 Å². The van der Waals surface area contributed by atoms with Gasteiger partial charge < -0.3 is 14.5 Å². The highest BCUT2D eigenvalue weighted by atomic mass is 32.2. The quantitative estimate of drug-likeness (QED) is 0.381. The van der Waals surface area contributed by atoms with Crippen molar-refractivity contribution >= 4 is 23.5 Å². The summed E-state index contributed by atoms with van der Waals surface area (Å²) in [4.78, 5) is 4.65. The first kappa shape index (κ1) is 19.5. The van der Waals surface area contributed by atoms with Gasteiger partial charge in [0.25, 0.3) is 0 Å². The second-order valence-corrected chi connectivity index (χ2v) is 7.82. The molecule has 0 spiro atoms. The standard InChI is InChI=1S/C22H24N4O2S/c1-2-3-4-7-15-29-22-24-21-20(25-26-22)17-10-5-6-11-18(17)23-19(28-21)13-12-16-9-8-14-27-16/h5-6,8-14,19,23H,2-4,7,15H2,1H3. The average Bonchev–Trinajstić information content (AvgIpc) is 3.21. The summed E-state index contributed by atoms with van der Waals surface area (Å²) in [5.41, 5.74) is 2.50. The predicted octanol–water partition coefficient (Wildman–Crippen LogP) is 5.65. The number of aromatic nitrogens is 3. The molecule has 6 nitrogen and oxygen atoms in total. The third-order valence-corrected chi connectivity index (χ3v) is 5.49. The Morgan fingerprint density at radius 2 is 2.03 bits per heavy atom. The van der Waals surface area contributed by atoms with Gasteiger partial charge in [-0.2, -0.15) is 4.98 Å². The number of hydrogen-bond acceptors (Lipinski definition) is 7. The van der Waals surface area contributed by atoms with Gasteiger partial charge >= 0.3 is 0 Å². The minimum Gasteiger partial charge on any atom is -0.465 e. The van der Waals surface area contributed by atoms with Crippen LogP contribution in [0.15, 0.2) is 58.3 Å². The van der Waals surface area contributed by atoms with E-state index in [0.29, 0.717) is 16.7 Å². The van der Waals surface area contributed by atoms with Crippen molar-refractivity contribution in [2.45, 2.75) is 44.0 Å². The molecular weight excluding hydrogens is 384 g/mol. The zero-order valence-corrected chi connectivity index (χ0v) is 17.2. The largest absolute Gasteiger partial charge is 0.465 e. The lowest BCUT2D eigenvalue weighted by atomic mass is 10.1. The molecule has 150 valence electrons. The third-order valence-electron chi connectivity index (χ3n) is 4.56. The lowest BCUT2D eigenvalue weighted by Crippen LogP contribution is -2.23.